The van der Waals surface area contributed by atoms with Gasteiger partial charge in [0.25, 0.3) is 5.91 Å². The van der Waals surface area contributed by atoms with Crippen molar-refractivity contribution in [3.05, 3.63) is 46.4 Å². The van der Waals surface area contributed by atoms with Gasteiger partial charge in [0.15, 0.2) is 0 Å². The first-order valence-corrected chi connectivity index (χ1v) is 11.7. The summed E-state index contributed by atoms with van der Waals surface area (Å²) in [5.74, 6) is -1.26. The summed E-state index contributed by atoms with van der Waals surface area (Å²) in [7, 11) is -3.79. The zero-order valence-corrected chi connectivity index (χ0v) is 17.3. The van der Waals surface area contributed by atoms with Crippen LogP contribution in [0.2, 0.25) is 5.02 Å². The van der Waals surface area contributed by atoms with E-state index >= 15 is 0 Å². The number of pyridine rings is 1. The second-order valence-corrected chi connectivity index (χ2v) is 9.73. The Morgan fingerprint density at radius 3 is 2.52 bits per heavy atom. The van der Waals surface area contributed by atoms with Gasteiger partial charge < -0.3 is 4.74 Å². The molecule has 2 aromatic rings. The molecule has 2 fully saturated rings. The van der Waals surface area contributed by atoms with Crippen LogP contribution in [0.25, 0.3) is 11.1 Å². The number of carbonyl (C=O) groups is 1. The van der Waals surface area contributed by atoms with Crippen molar-refractivity contribution in [1.82, 2.24) is 9.71 Å². The molecular formula is C20H20ClFN2O4S. The number of hydrogen-bond donors (Lipinski definition) is 1. The van der Waals surface area contributed by atoms with Gasteiger partial charge in [0.1, 0.15) is 16.9 Å². The number of nitrogens with zero attached hydrogens (tertiary/aromatic N) is 1. The molecule has 154 valence electrons. The van der Waals surface area contributed by atoms with Crippen LogP contribution in [-0.4, -0.2) is 31.7 Å². The summed E-state index contributed by atoms with van der Waals surface area (Å²) >= 11 is 6.33. The number of ether oxygens (including phenoxy) is 1. The molecule has 6 nitrogen and oxygen atoms in total. The fourth-order valence-electron chi connectivity index (χ4n) is 3.28. The van der Waals surface area contributed by atoms with Crippen LogP contribution in [0.5, 0.6) is 5.88 Å². The molecule has 29 heavy (non-hydrogen) atoms. The normalized spacial score (nSPS) is 16.9. The van der Waals surface area contributed by atoms with E-state index in [0.29, 0.717) is 22.0 Å². The predicted octanol–water partition coefficient (Wildman–Crippen LogP) is 4.04. The Labute approximate surface area is 173 Å². The van der Waals surface area contributed by atoms with Crippen LogP contribution in [0, 0.1) is 5.82 Å². The van der Waals surface area contributed by atoms with Gasteiger partial charge in [-0.05, 0) is 67.3 Å². The lowest BCUT2D eigenvalue weighted by molar-refractivity contribution is 0.0977. The van der Waals surface area contributed by atoms with E-state index in [1.165, 1.54) is 12.1 Å². The molecule has 1 N–H and O–H groups in total. The van der Waals surface area contributed by atoms with Crippen LogP contribution in [0.15, 0.2) is 24.4 Å². The minimum absolute atomic E-state index is 0.137. The molecule has 0 unspecified atom stereocenters. The second-order valence-electron chi connectivity index (χ2n) is 7.58. The third kappa shape index (κ3) is 4.53. The van der Waals surface area contributed by atoms with Crippen molar-refractivity contribution in [3.8, 4) is 17.0 Å². The van der Waals surface area contributed by atoms with Crippen molar-refractivity contribution in [2.75, 3.05) is 6.26 Å². The molecule has 2 saturated carbocycles. The third-order valence-electron chi connectivity index (χ3n) is 5.13. The Kier molecular flexibility index (Phi) is 5.25. The molecule has 1 heterocycles. The number of nitrogens with one attached hydrogen (secondary N) is 1. The molecule has 1 aromatic carbocycles. The Morgan fingerprint density at radius 2 is 1.97 bits per heavy atom. The number of aromatic nitrogens is 1. The monoisotopic (exact) mass is 438 g/mol. The number of hydrogen-bond acceptors (Lipinski definition) is 5. The van der Waals surface area contributed by atoms with E-state index in [2.05, 4.69) is 4.98 Å². The second kappa shape index (κ2) is 7.57. The zero-order valence-electron chi connectivity index (χ0n) is 15.7. The van der Waals surface area contributed by atoms with Gasteiger partial charge in [-0.2, -0.15) is 0 Å². The number of amides is 1. The maximum Gasteiger partial charge on any atom is 0.267 e. The average molecular weight is 439 g/mol. The van der Waals surface area contributed by atoms with Crippen LogP contribution in [0.1, 0.15) is 53.9 Å². The van der Waals surface area contributed by atoms with Crippen LogP contribution >= 0.6 is 11.6 Å². The fourth-order valence-corrected chi connectivity index (χ4v) is 3.93. The first-order valence-electron chi connectivity index (χ1n) is 9.39. The Balaban J connectivity index is 1.69. The van der Waals surface area contributed by atoms with Gasteiger partial charge in [-0.3, -0.25) is 4.79 Å². The molecular weight excluding hydrogens is 419 g/mol. The van der Waals surface area contributed by atoms with Crippen molar-refractivity contribution in [1.29, 1.82) is 0 Å². The third-order valence-corrected chi connectivity index (χ3v) is 5.95. The van der Waals surface area contributed by atoms with Crippen LogP contribution < -0.4 is 9.46 Å². The average Bonchev–Trinajstić information content (AvgIpc) is 3.42. The van der Waals surface area contributed by atoms with Gasteiger partial charge in [-0.1, -0.05) is 11.6 Å². The molecule has 4 rings (SSSR count). The van der Waals surface area contributed by atoms with Crippen LogP contribution in [0.4, 0.5) is 4.39 Å². The van der Waals surface area contributed by atoms with E-state index in [4.69, 9.17) is 16.3 Å². The molecule has 1 aromatic heterocycles. The number of rotatable bonds is 6. The molecule has 0 atom stereocenters. The number of benzene rings is 1. The lowest BCUT2D eigenvalue weighted by Gasteiger charge is -2.26. The molecule has 0 saturated heterocycles. The molecule has 2 aliphatic rings. The predicted molar refractivity (Wildman–Crippen MR) is 107 cm³/mol. The Hall–Kier alpha value is -2.19. The molecule has 0 radical (unpaired) electrons. The number of sulfonamides is 1. The van der Waals surface area contributed by atoms with Crippen molar-refractivity contribution in [2.45, 2.75) is 44.1 Å². The maximum absolute atomic E-state index is 14.7. The first-order chi connectivity index (χ1) is 13.7. The SMILES string of the molecule is CS(=O)(=O)NC(=O)c1cc(C2CC2)c(-c2cnc(OC3CCC3)c(Cl)c2)cc1F. The van der Waals surface area contributed by atoms with E-state index < -0.39 is 21.7 Å². The lowest BCUT2D eigenvalue weighted by Crippen LogP contribution is -2.30. The quantitative estimate of drug-likeness (QED) is 0.735. The van der Waals surface area contributed by atoms with Crippen LogP contribution in [-0.2, 0) is 10.0 Å². The number of carbonyl (C=O) groups excluding carboxylic acids is 1. The molecule has 9 heteroatoms. The van der Waals surface area contributed by atoms with Gasteiger partial charge in [-0.15, -0.1) is 0 Å². The molecule has 0 bridgehead atoms. The van der Waals surface area contributed by atoms with E-state index in [0.717, 1.165) is 43.9 Å². The van der Waals surface area contributed by atoms with E-state index in [-0.39, 0.29) is 17.6 Å². The van der Waals surface area contributed by atoms with Crippen molar-refractivity contribution < 1.29 is 22.3 Å². The van der Waals surface area contributed by atoms with Crippen LogP contribution in [0.3, 0.4) is 0 Å². The van der Waals surface area contributed by atoms with E-state index in [9.17, 15) is 17.6 Å². The standard InChI is InChI=1S/C20H20ClFN2O4S/c1-29(26,27)24-19(25)16-8-14(11-5-6-11)15(9-18(16)22)12-7-17(21)20(23-10-12)28-13-3-2-4-13/h7-11,13H,2-6H2,1H3,(H,24,25). The highest BCUT2D eigenvalue weighted by atomic mass is 35.5. The highest BCUT2D eigenvalue weighted by Crippen LogP contribution is 2.46. The van der Waals surface area contributed by atoms with Gasteiger partial charge in [0, 0.05) is 11.8 Å². The fraction of sp³-hybridized carbons (Fsp3) is 0.400. The van der Waals surface area contributed by atoms with Gasteiger partial charge in [-0.25, -0.2) is 22.5 Å². The van der Waals surface area contributed by atoms with Gasteiger partial charge >= 0.3 is 0 Å². The first kappa shape index (κ1) is 20.1. The van der Waals surface area contributed by atoms with E-state index in [1.807, 2.05) is 4.72 Å². The van der Waals surface area contributed by atoms with E-state index in [1.54, 1.807) is 12.3 Å². The topological polar surface area (TPSA) is 85.4 Å². The van der Waals surface area contributed by atoms with Gasteiger partial charge in [0.2, 0.25) is 15.9 Å². The molecule has 1 amide bonds. The highest BCUT2D eigenvalue weighted by Gasteiger charge is 2.30. The molecule has 0 spiro atoms. The summed E-state index contributed by atoms with van der Waals surface area (Å²) in [5.41, 5.74) is 1.68. The van der Waals surface area contributed by atoms with Crippen molar-refractivity contribution >= 4 is 27.5 Å². The van der Waals surface area contributed by atoms with Gasteiger partial charge in [0.05, 0.1) is 11.8 Å². The summed E-state index contributed by atoms with van der Waals surface area (Å²) in [6, 6.07) is 4.35. The zero-order chi connectivity index (χ0) is 20.8. The lowest BCUT2D eigenvalue weighted by atomic mass is 9.94. The minimum atomic E-state index is -3.79. The molecule has 0 aliphatic heterocycles. The summed E-state index contributed by atoms with van der Waals surface area (Å²) in [6.45, 7) is 0. The van der Waals surface area contributed by atoms with Crippen molar-refractivity contribution in [3.63, 3.8) is 0 Å². The summed E-state index contributed by atoms with van der Waals surface area (Å²) in [4.78, 5) is 16.5. The Bertz CT molecular complexity index is 1080. The Morgan fingerprint density at radius 1 is 1.24 bits per heavy atom. The molecule has 2 aliphatic carbocycles. The minimum Gasteiger partial charge on any atom is -0.473 e. The summed E-state index contributed by atoms with van der Waals surface area (Å²) < 4.78 is 44.9. The smallest absolute Gasteiger partial charge is 0.267 e. The number of halogens is 2. The summed E-state index contributed by atoms with van der Waals surface area (Å²) in [5, 5.41) is 0.343. The largest absolute Gasteiger partial charge is 0.473 e. The maximum atomic E-state index is 14.7. The highest BCUT2D eigenvalue weighted by molar-refractivity contribution is 7.89. The van der Waals surface area contributed by atoms with Crippen molar-refractivity contribution in [2.24, 2.45) is 0 Å². The summed E-state index contributed by atoms with van der Waals surface area (Å²) in [6.07, 6.45) is 7.48.